The number of furan rings is 1. The molecule has 6 heteroatoms. The Morgan fingerprint density at radius 1 is 1.25 bits per heavy atom. The second-order valence-electron chi connectivity index (χ2n) is 4.25. The Morgan fingerprint density at radius 3 is 2.55 bits per heavy atom. The number of sulfonamides is 1. The Labute approximate surface area is 123 Å². The van der Waals surface area contributed by atoms with Crippen LogP contribution in [0.2, 0.25) is 5.02 Å². The van der Waals surface area contributed by atoms with Crippen LogP contribution >= 0.6 is 11.6 Å². The van der Waals surface area contributed by atoms with E-state index < -0.39 is 16.1 Å². The van der Waals surface area contributed by atoms with Gasteiger partial charge < -0.3 is 4.42 Å². The fourth-order valence-electron chi connectivity index (χ4n) is 1.62. The summed E-state index contributed by atoms with van der Waals surface area (Å²) < 4.78 is 31.5. The summed E-state index contributed by atoms with van der Waals surface area (Å²) in [5.41, 5.74) is 0.755. The molecule has 0 saturated heterocycles. The molecule has 2 aromatic rings. The topological polar surface area (TPSA) is 59.3 Å². The van der Waals surface area contributed by atoms with Crippen molar-refractivity contribution in [1.29, 1.82) is 0 Å². The van der Waals surface area contributed by atoms with Gasteiger partial charge in [0.25, 0.3) is 0 Å². The van der Waals surface area contributed by atoms with E-state index in [4.69, 9.17) is 16.0 Å². The Hall–Kier alpha value is -1.56. The average molecular weight is 312 g/mol. The van der Waals surface area contributed by atoms with Crippen LogP contribution in [-0.4, -0.2) is 8.42 Å². The lowest BCUT2D eigenvalue weighted by Crippen LogP contribution is -2.24. The van der Waals surface area contributed by atoms with Crippen molar-refractivity contribution < 1.29 is 12.8 Å². The molecule has 2 rings (SSSR count). The molecule has 106 valence electrons. The van der Waals surface area contributed by atoms with Crippen LogP contribution in [0.25, 0.3) is 6.08 Å². The van der Waals surface area contributed by atoms with Gasteiger partial charge in [0.1, 0.15) is 5.76 Å². The van der Waals surface area contributed by atoms with Gasteiger partial charge in [-0.2, -0.15) is 0 Å². The highest BCUT2D eigenvalue weighted by atomic mass is 35.5. The summed E-state index contributed by atoms with van der Waals surface area (Å²) >= 11 is 5.76. The normalized spacial score (nSPS) is 13.7. The number of benzene rings is 1. The molecule has 0 aliphatic heterocycles. The van der Waals surface area contributed by atoms with Crippen LogP contribution in [0.5, 0.6) is 0 Å². The molecule has 4 nitrogen and oxygen atoms in total. The molecule has 0 amide bonds. The zero-order chi connectivity index (χ0) is 14.6. The van der Waals surface area contributed by atoms with Crippen LogP contribution < -0.4 is 4.72 Å². The van der Waals surface area contributed by atoms with Crippen molar-refractivity contribution in [3.63, 3.8) is 0 Å². The molecule has 0 fully saturated rings. The van der Waals surface area contributed by atoms with E-state index in [9.17, 15) is 8.42 Å². The van der Waals surface area contributed by atoms with Crippen LogP contribution in [0.3, 0.4) is 0 Å². The van der Waals surface area contributed by atoms with Crippen molar-refractivity contribution in [2.24, 2.45) is 0 Å². The van der Waals surface area contributed by atoms with Crippen LogP contribution in [0.1, 0.15) is 24.3 Å². The first-order valence-corrected chi connectivity index (χ1v) is 7.88. The van der Waals surface area contributed by atoms with Gasteiger partial charge in [0.15, 0.2) is 0 Å². The first-order chi connectivity index (χ1) is 9.46. The maximum absolute atomic E-state index is 11.9. The van der Waals surface area contributed by atoms with Crippen molar-refractivity contribution in [3.8, 4) is 0 Å². The predicted molar refractivity (Wildman–Crippen MR) is 79.7 cm³/mol. The lowest BCUT2D eigenvalue weighted by Gasteiger charge is -2.09. The summed E-state index contributed by atoms with van der Waals surface area (Å²) in [5.74, 6) is 0.563. The standard InChI is InChI=1S/C14H14ClNO3S/c1-11(14-3-2-9-19-14)16-20(17,18)10-8-12-4-6-13(15)7-5-12/h2-11,16H,1H3/b10-8+/t11-/m0/s1. The van der Waals surface area contributed by atoms with E-state index in [1.54, 1.807) is 43.3 Å². The van der Waals surface area contributed by atoms with Crippen molar-refractivity contribution in [2.75, 3.05) is 0 Å². The summed E-state index contributed by atoms with van der Waals surface area (Å²) in [5, 5.41) is 1.73. The quantitative estimate of drug-likeness (QED) is 0.918. The second-order valence-corrected chi connectivity index (χ2v) is 6.29. The van der Waals surface area contributed by atoms with Crippen molar-refractivity contribution in [1.82, 2.24) is 4.72 Å². The molecule has 0 unspecified atom stereocenters. The maximum Gasteiger partial charge on any atom is 0.234 e. The Kier molecular flexibility index (Phi) is 4.65. The molecule has 1 aromatic heterocycles. The minimum Gasteiger partial charge on any atom is -0.468 e. The molecule has 0 bridgehead atoms. The van der Waals surface area contributed by atoms with Crippen molar-refractivity contribution in [2.45, 2.75) is 13.0 Å². The molecule has 0 saturated carbocycles. The molecule has 1 N–H and O–H groups in total. The van der Waals surface area contributed by atoms with Gasteiger partial charge in [-0.05, 0) is 42.8 Å². The summed E-state index contributed by atoms with van der Waals surface area (Å²) in [4.78, 5) is 0. The maximum atomic E-state index is 11.9. The third-order valence-corrected chi connectivity index (χ3v) is 4.05. The highest BCUT2D eigenvalue weighted by molar-refractivity contribution is 7.92. The number of nitrogens with one attached hydrogen (secondary N) is 1. The van der Waals surface area contributed by atoms with Gasteiger partial charge in [-0.3, -0.25) is 0 Å². The fourth-order valence-corrected chi connectivity index (χ4v) is 2.77. The summed E-state index contributed by atoms with van der Waals surface area (Å²) in [6.45, 7) is 1.71. The summed E-state index contributed by atoms with van der Waals surface area (Å²) in [7, 11) is -3.54. The van der Waals surface area contributed by atoms with Gasteiger partial charge in [-0.15, -0.1) is 0 Å². The van der Waals surface area contributed by atoms with Crippen LogP contribution in [0.4, 0.5) is 0 Å². The molecular formula is C14H14ClNO3S. The second kappa shape index (κ2) is 6.26. The van der Waals surface area contributed by atoms with Gasteiger partial charge in [0, 0.05) is 10.4 Å². The monoisotopic (exact) mass is 311 g/mol. The summed E-state index contributed by atoms with van der Waals surface area (Å²) in [6.07, 6.45) is 3.01. The molecule has 20 heavy (non-hydrogen) atoms. The minimum absolute atomic E-state index is 0.426. The molecule has 0 spiro atoms. The van der Waals surface area contributed by atoms with E-state index in [-0.39, 0.29) is 0 Å². The van der Waals surface area contributed by atoms with Crippen molar-refractivity contribution in [3.05, 3.63) is 64.4 Å². The number of rotatable bonds is 5. The fraction of sp³-hybridized carbons (Fsp3) is 0.143. The molecule has 1 heterocycles. The predicted octanol–water partition coefficient (Wildman–Crippen LogP) is 3.58. The highest BCUT2D eigenvalue weighted by Gasteiger charge is 2.14. The van der Waals surface area contributed by atoms with E-state index in [0.717, 1.165) is 11.0 Å². The molecule has 1 atom stereocenters. The van der Waals surface area contributed by atoms with E-state index in [0.29, 0.717) is 10.8 Å². The Morgan fingerprint density at radius 2 is 1.95 bits per heavy atom. The van der Waals surface area contributed by atoms with Gasteiger partial charge in [-0.25, -0.2) is 13.1 Å². The van der Waals surface area contributed by atoms with Gasteiger partial charge in [0.05, 0.1) is 12.3 Å². The zero-order valence-corrected chi connectivity index (χ0v) is 12.4. The SMILES string of the molecule is C[C@H](NS(=O)(=O)/C=C/c1ccc(Cl)cc1)c1ccco1. The molecule has 1 aromatic carbocycles. The highest BCUT2D eigenvalue weighted by Crippen LogP contribution is 2.15. The molecule has 0 aliphatic rings. The minimum atomic E-state index is -3.54. The molecule has 0 aliphatic carbocycles. The first kappa shape index (κ1) is 14.8. The number of halogens is 1. The number of hydrogen-bond donors (Lipinski definition) is 1. The van der Waals surface area contributed by atoms with E-state index in [1.165, 1.54) is 12.3 Å². The number of hydrogen-bond acceptors (Lipinski definition) is 3. The lowest BCUT2D eigenvalue weighted by molar-refractivity contribution is 0.461. The summed E-state index contributed by atoms with van der Waals surface area (Å²) in [6, 6.07) is 9.89. The lowest BCUT2D eigenvalue weighted by atomic mass is 10.2. The first-order valence-electron chi connectivity index (χ1n) is 5.96. The third kappa shape index (κ3) is 4.23. The van der Waals surface area contributed by atoms with Crippen LogP contribution in [-0.2, 0) is 10.0 Å². The Bertz CT molecular complexity index is 676. The Balaban J connectivity index is 2.05. The molecule has 0 radical (unpaired) electrons. The average Bonchev–Trinajstić information content (AvgIpc) is 2.91. The largest absolute Gasteiger partial charge is 0.468 e. The van der Waals surface area contributed by atoms with Crippen molar-refractivity contribution >= 4 is 27.7 Å². The molecular weight excluding hydrogens is 298 g/mol. The van der Waals surface area contributed by atoms with E-state index in [1.807, 2.05) is 0 Å². The van der Waals surface area contributed by atoms with Crippen LogP contribution in [0.15, 0.2) is 52.5 Å². The van der Waals surface area contributed by atoms with Gasteiger partial charge in [0.2, 0.25) is 10.0 Å². The smallest absolute Gasteiger partial charge is 0.234 e. The zero-order valence-electron chi connectivity index (χ0n) is 10.8. The van der Waals surface area contributed by atoms with E-state index >= 15 is 0 Å². The van der Waals surface area contributed by atoms with E-state index in [2.05, 4.69) is 4.72 Å². The van der Waals surface area contributed by atoms with Gasteiger partial charge >= 0.3 is 0 Å². The van der Waals surface area contributed by atoms with Crippen LogP contribution in [0, 0.1) is 0 Å². The third-order valence-electron chi connectivity index (χ3n) is 2.62. The van der Waals surface area contributed by atoms with Gasteiger partial charge in [-0.1, -0.05) is 23.7 Å².